The number of rotatable bonds is 8. The molecule has 0 aliphatic carbocycles. The number of hydrogen-bond donors (Lipinski definition) is 2. The molecule has 0 unspecified atom stereocenters. The van der Waals surface area contributed by atoms with Crippen LogP contribution in [0.4, 0.5) is 6.01 Å². The van der Waals surface area contributed by atoms with Crippen molar-refractivity contribution in [2.75, 3.05) is 25.2 Å². The molecule has 3 aromatic rings. The van der Waals surface area contributed by atoms with Crippen molar-refractivity contribution in [3.8, 4) is 11.5 Å². The highest BCUT2D eigenvalue weighted by Crippen LogP contribution is 2.21. The summed E-state index contributed by atoms with van der Waals surface area (Å²) in [5, 5.41) is 18.8. The quantitative estimate of drug-likeness (QED) is 0.557. The summed E-state index contributed by atoms with van der Waals surface area (Å²) in [5.41, 5.74) is 0.784. The van der Waals surface area contributed by atoms with Crippen molar-refractivity contribution in [3.05, 3.63) is 36.2 Å². The number of nitrogens with one attached hydrogen (secondary N) is 2. The molecule has 0 saturated heterocycles. The summed E-state index contributed by atoms with van der Waals surface area (Å²) in [6.07, 6.45) is 0.885. The van der Waals surface area contributed by atoms with Crippen LogP contribution in [0.5, 0.6) is 0 Å². The molecule has 9 nitrogen and oxygen atoms in total. The molecule has 3 rings (SSSR count). The zero-order valence-corrected chi connectivity index (χ0v) is 16.1. The Bertz CT molecular complexity index is 880. The molecule has 0 fully saturated rings. The lowest BCUT2D eigenvalue weighted by Gasteiger charge is -2.15. The monoisotopic (exact) mass is 389 g/mol. The SMILES string of the molecule is CC[C@H](c1nnc(SCC(=O)Nc2nnc(-c3ccccc3)o2)o1)[NH+](C)C. The molecule has 2 N–H and O–H groups in total. The van der Waals surface area contributed by atoms with E-state index in [9.17, 15) is 4.79 Å². The molecular weight excluding hydrogens is 368 g/mol. The molecule has 2 aromatic heterocycles. The summed E-state index contributed by atoms with van der Waals surface area (Å²) >= 11 is 1.16. The lowest BCUT2D eigenvalue weighted by Crippen LogP contribution is -3.06. The second kappa shape index (κ2) is 8.78. The number of carbonyl (C=O) groups excluding carboxylic acids is 1. The second-order valence-corrected chi connectivity index (χ2v) is 6.99. The average Bonchev–Trinajstić information content (AvgIpc) is 3.31. The van der Waals surface area contributed by atoms with Crippen molar-refractivity contribution in [2.45, 2.75) is 24.6 Å². The first kappa shape index (κ1) is 19.1. The maximum Gasteiger partial charge on any atom is 0.322 e. The fraction of sp³-hybridized carbons (Fsp3) is 0.353. The first-order valence-corrected chi connectivity index (χ1v) is 9.50. The van der Waals surface area contributed by atoms with Crippen LogP contribution < -0.4 is 10.2 Å². The molecular formula is C17H21N6O3S+. The van der Waals surface area contributed by atoms with Crippen LogP contribution in [0.2, 0.25) is 0 Å². The van der Waals surface area contributed by atoms with Gasteiger partial charge in [-0.05, 0) is 12.1 Å². The summed E-state index contributed by atoms with van der Waals surface area (Å²) in [5.74, 6) is 0.714. The van der Waals surface area contributed by atoms with Gasteiger partial charge in [0.1, 0.15) is 0 Å². The van der Waals surface area contributed by atoms with E-state index in [0.29, 0.717) is 17.0 Å². The number of carbonyl (C=O) groups is 1. The molecule has 2 heterocycles. The largest absolute Gasteiger partial charge is 0.410 e. The van der Waals surface area contributed by atoms with E-state index < -0.39 is 0 Å². The molecule has 0 bridgehead atoms. The zero-order chi connectivity index (χ0) is 19.2. The van der Waals surface area contributed by atoms with Gasteiger partial charge in [-0.1, -0.05) is 42.0 Å². The van der Waals surface area contributed by atoms with E-state index in [1.165, 1.54) is 4.90 Å². The van der Waals surface area contributed by atoms with Crippen molar-refractivity contribution in [1.29, 1.82) is 0 Å². The smallest absolute Gasteiger partial charge is 0.322 e. The zero-order valence-electron chi connectivity index (χ0n) is 15.3. The number of hydrogen-bond acceptors (Lipinski definition) is 8. The molecule has 142 valence electrons. The number of amides is 1. The van der Waals surface area contributed by atoms with Crippen molar-refractivity contribution < 1.29 is 18.5 Å². The lowest BCUT2D eigenvalue weighted by molar-refractivity contribution is -0.894. The van der Waals surface area contributed by atoms with Crippen molar-refractivity contribution in [2.24, 2.45) is 0 Å². The van der Waals surface area contributed by atoms with Gasteiger partial charge in [0.05, 0.1) is 19.8 Å². The lowest BCUT2D eigenvalue weighted by atomic mass is 10.2. The Kier molecular flexibility index (Phi) is 6.20. The molecule has 27 heavy (non-hydrogen) atoms. The summed E-state index contributed by atoms with van der Waals surface area (Å²) in [6.45, 7) is 2.07. The van der Waals surface area contributed by atoms with Crippen LogP contribution in [0, 0.1) is 0 Å². The van der Waals surface area contributed by atoms with Gasteiger partial charge in [-0.25, -0.2) is 0 Å². The van der Waals surface area contributed by atoms with Crippen LogP contribution in [0.3, 0.4) is 0 Å². The van der Waals surface area contributed by atoms with Crippen LogP contribution in [-0.2, 0) is 4.79 Å². The molecule has 1 atom stereocenters. The second-order valence-electron chi connectivity index (χ2n) is 6.06. The van der Waals surface area contributed by atoms with Gasteiger partial charge in [-0.2, -0.15) is 0 Å². The van der Waals surface area contributed by atoms with Crippen LogP contribution in [0.1, 0.15) is 25.3 Å². The predicted molar refractivity (Wildman–Crippen MR) is 99.2 cm³/mol. The molecule has 1 amide bonds. The number of aromatic nitrogens is 4. The van der Waals surface area contributed by atoms with Crippen LogP contribution in [0.25, 0.3) is 11.5 Å². The summed E-state index contributed by atoms with van der Waals surface area (Å²) in [6, 6.07) is 9.51. The third-order valence-corrected chi connectivity index (χ3v) is 4.66. The maximum absolute atomic E-state index is 12.1. The van der Waals surface area contributed by atoms with Crippen molar-refractivity contribution in [1.82, 2.24) is 20.4 Å². The molecule has 10 heteroatoms. The van der Waals surface area contributed by atoms with Gasteiger partial charge in [0.25, 0.3) is 11.1 Å². The highest BCUT2D eigenvalue weighted by Gasteiger charge is 2.23. The van der Waals surface area contributed by atoms with Gasteiger partial charge in [0.2, 0.25) is 11.8 Å². The van der Waals surface area contributed by atoms with E-state index in [4.69, 9.17) is 8.83 Å². The third-order valence-electron chi connectivity index (χ3n) is 3.84. The minimum atomic E-state index is -0.298. The highest BCUT2D eigenvalue weighted by molar-refractivity contribution is 7.99. The van der Waals surface area contributed by atoms with E-state index in [1.54, 1.807) is 0 Å². The number of nitrogens with zero attached hydrogens (tertiary/aromatic N) is 4. The maximum atomic E-state index is 12.1. The molecule has 0 aliphatic heterocycles. The molecule has 0 aliphatic rings. The van der Waals surface area contributed by atoms with E-state index in [0.717, 1.165) is 23.7 Å². The van der Waals surface area contributed by atoms with Gasteiger partial charge >= 0.3 is 6.01 Å². The number of thioether (sulfide) groups is 1. The Hall–Kier alpha value is -2.72. The van der Waals surface area contributed by atoms with Gasteiger partial charge in [0.15, 0.2) is 6.04 Å². The molecule has 0 spiro atoms. The minimum absolute atomic E-state index is 0.0490. The summed E-state index contributed by atoms with van der Waals surface area (Å²) < 4.78 is 11.1. The standard InChI is InChI=1S/C17H20N6O3S/c1-4-12(23(2)3)15-20-22-17(26-15)27-10-13(24)18-16-21-19-14(25-16)11-8-6-5-7-9-11/h5-9,12H,4,10H2,1-3H3,(H,18,21,24)/p+1/t12-/m1/s1. The third kappa shape index (κ3) is 4.92. The van der Waals surface area contributed by atoms with Gasteiger partial charge in [-0.15, -0.1) is 15.3 Å². The Labute approximate surface area is 160 Å². The number of benzene rings is 1. The van der Waals surface area contributed by atoms with Crippen LogP contribution in [0.15, 0.2) is 44.4 Å². The fourth-order valence-corrected chi connectivity index (χ4v) is 3.07. The summed E-state index contributed by atoms with van der Waals surface area (Å²) in [7, 11) is 4.07. The fourth-order valence-electron chi connectivity index (χ4n) is 2.50. The summed E-state index contributed by atoms with van der Waals surface area (Å²) in [4.78, 5) is 13.3. The van der Waals surface area contributed by atoms with Gasteiger partial charge in [-0.3, -0.25) is 10.1 Å². The number of quaternary nitrogens is 1. The predicted octanol–water partition coefficient (Wildman–Crippen LogP) is 1.45. The average molecular weight is 389 g/mol. The Balaban J connectivity index is 1.53. The first-order chi connectivity index (χ1) is 13.1. The van der Waals surface area contributed by atoms with Crippen molar-refractivity contribution in [3.63, 3.8) is 0 Å². The highest BCUT2D eigenvalue weighted by atomic mass is 32.2. The molecule has 0 saturated carbocycles. The minimum Gasteiger partial charge on any atom is -0.410 e. The normalized spacial score (nSPS) is 12.3. The molecule has 1 aromatic carbocycles. The Morgan fingerprint density at radius 1 is 1.15 bits per heavy atom. The number of anilines is 1. The topological polar surface area (TPSA) is 111 Å². The van der Waals surface area contributed by atoms with Gasteiger partial charge in [0, 0.05) is 12.0 Å². The van der Waals surface area contributed by atoms with E-state index in [2.05, 4.69) is 32.6 Å². The van der Waals surface area contributed by atoms with Crippen LogP contribution in [-0.4, -0.2) is 46.2 Å². The Morgan fingerprint density at radius 3 is 2.63 bits per heavy atom. The van der Waals surface area contributed by atoms with E-state index in [-0.39, 0.29) is 23.7 Å². The van der Waals surface area contributed by atoms with E-state index in [1.807, 2.05) is 44.4 Å². The van der Waals surface area contributed by atoms with Crippen LogP contribution >= 0.6 is 11.8 Å². The van der Waals surface area contributed by atoms with Crippen molar-refractivity contribution >= 4 is 23.7 Å². The van der Waals surface area contributed by atoms with Gasteiger partial charge < -0.3 is 13.7 Å². The van der Waals surface area contributed by atoms with E-state index >= 15 is 0 Å². The molecule has 0 radical (unpaired) electrons. The first-order valence-electron chi connectivity index (χ1n) is 8.51. The Morgan fingerprint density at radius 2 is 1.93 bits per heavy atom.